The first-order chi connectivity index (χ1) is 9.01. The molecule has 0 aliphatic rings. The average molecular weight is 261 g/mol. The second-order valence-corrected chi connectivity index (χ2v) is 4.91. The molecule has 2 rings (SSSR count). The third-order valence-corrected chi connectivity index (χ3v) is 3.86. The molecule has 0 aliphatic heterocycles. The molecule has 19 heavy (non-hydrogen) atoms. The molecule has 2 aromatic rings. The highest BCUT2D eigenvalue weighted by atomic mass is 16.6. The summed E-state index contributed by atoms with van der Waals surface area (Å²) < 4.78 is 1.96. The van der Waals surface area contributed by atoms with Gasteiger partial charge in [-0.1, -0.05) is 13.8 Å². The topological polar surface area (TPSA) is 61.0 Å². The summed E-state index contributed by atoms with van der Waals surface area (Å²) in [5.74, 6) is 0. The molecular weight excluding hydrogens is 242 g/mol. The quantitative estimate of drug-likeness (QED) is 0.619. The second-order valence-electron chi connectivity index (χ2n) is 4.91. The fourth-order valence-corrected chi connectivity index (χ4v) is 2.58. The van der Waals surface area contributed by atoms with Crippen LogP contribution >= 0.6 is 0 Å². The summed E-state index contributed by atoms with van der Waals surface area (Å²) in [6, 6.07) is 2.18. The maximum atomic E-state index is 11.4. The molecule has 1 heterocycles. The van der Waals surface area contributed by atoms with Crippen LogP contribution in [-0.2, 0) is 0 Å². The molecule has 0 saturated heterocycles. The van der Waals surface area contributed by atoms with E-state index < -0.39 is 0 Å². The van der Waals surface area contributed by atoms with Gasteiger partial charge >= 0.3 is 0 Å². The molecule has 102 valence electrons. The van der Waals surface area contributed by atoms with E-state index >= 15 is 0 Å². The van der Waals surface area contributed by atoms with Crippen LogP contribution in [0.4, 0.5) is 5.69 Å². The number of nitrogens with zero attached hydrogens (tertiary/aromatic N) is 3. The van der Waals surface area contributed by atoms with Gasteiger partial charge in [0.05, 0.1) is 16.8 Å². The first-order valence-corrected chi connectivity index (χ1v) is 6.62. The maximum Gasteiger partial charge on any atom is 0.298 e. The van der Waals surface area contributed by atoms with Crippen molar-refractivity contribution in [3.8, 4) is 0 Å². The van der Waals surface area contributed by atoms with Gasteiger partial charge in [-0.05, 0) is 38.3 Å². The first-order valence-electron chi connectivity index (χ1n) is 6.62. The molecule has 0 bridgehead atoms. The fourth-order valence-electron chi connectivity index (χ4n) is 2.58. The van der Waals surface area contributed by atoms with Crippen LogP contribution in [0.3, 0.4) is 0 Å². The van der Waals surface area contributed by atoms with E-state index in [1.807, 2.05) is 17.6 Å². The van der Waals surface area contributed by atoms with Crippen LogP contribution < -0.4 is 0 Å². The van der Waals surface area contributed by atoms with Crippen molar-refractivity contribution in [3.63, 3.8) is 0 Å². The van der Waals surface area contributed by atoms with E-state index in [2.05, 4.69) is 18.8 Å². The SMILES string of the molecule is CCC(CC)n1cnc2cc(C)c(C)c([N+](=O)[O-])c21. The van der Waals surface area contributed by atoms with Crippen LogP contribution in [-0.4, -0.2) is 14.5 Å². The van der Waals surface area contributed by atoms with Gasteiger partial charge in [0, 0.05) is 11.6 Å². The van der Waals surface area contributed by atoms with E-state index in [0.717, 1.165) is 24.0 Å². The number of imidazole rings is 1. The standard InChI is InChI=1S/C14H19N3O2/c1-5-11(6-2)16-8-15-12-7-9(3)10(4)13(14(12)16)17(18)19/h7-8,11H,5-6H2,1-4H3. The summed E-state index contributed by atoms with van der Waals surface area (Å²) in [5, 5.41) is 11.4. The molecule has 0 atom stereocenters. The van der Waals surface area contributed by atoms with Gasteiger partial charge in [-0.3, -0.25) is 10.1 Å². The predicted octanol–water partition coefficient (Wildman–Crippen LogP) is 3.92. The molecule has 5 heteroatoms. The van der Waals surface area contributed by atoms with Crippen molar-refractivity contribution in [2.24, 2.45) is 0 Å². The zero-order valence-corrected chi connectivity index (χ0v) is 11.8. The fraction of sp³-hybridized carbons (Fsp3) is 0.500. The lowest BCUT2D eigenvalue weighted by molar-refractivity contribution is -0.383. The Morgan fingerprint density at radius 2 is 2.00 bits per heavy atom. The lowest BCUT2D eigenvalue weighted by Gasteiger charge is -2.16. The Balaban J connectivity index is 2.83. The summed E-state index contributed by atoms with van der Waals surface area (Å²) in [7, 11) is 0. The lowest BCUT2D eigenvalue weighted by Crippen LogP contribution is -2.07. The number of hydrogen-bond donors (Lipinski definition) is 0. The van der Waals surface area contributed by atoms with Crippen molar-refractivity contribution in [1.82, 2.24) is 9.55 Å². The molecule has 0 N–H and O–H groups in total. The Morgan fingerprint density at radius 1 is 1.37 bits per heavy atom. The summed E-state index contributed by atoms with van der Waals surface area (Å²) in [6.07, 6.45) is 3.60. The molecule has 0 saturated carbocycles. The van der Waals surface area contributed by atoms with Gasteiger partial charge in [-0.2, -0.15) is 0 Å². The van der Waals surface area contributed by atoms with Crippen molar-refractivity contribution in [2.45, 2.75) is 46.6 Å². The highest BCUT2D eigenvalue weighted by Crippen LogP contribution is 2.34. The molecule has 0 unspecified atom stereocenters. The molecule has 1 aromatic carbocycles. The van der Waals surface area contributed by atoms with Crippen molar-refractivity contribution >= 4 is 16.7 Å². The largest absolute Gasteiger partial charge is 0.322 e. The predicted molar refractivity (Wildman–Crippen MR) is 75.5 cm³/mol. The second kappa shape index (κ2) is 4.99. The van der Waals surface area contributed by atoms with Gasteiger partial charge in [0.1, 0.15) is 5.52 Å². The van der Waals surface area contributed by atoms with Crippen LogP contribution in [0, 0.1) is 24.0 Å². The number of benzene rings is 1. The number of aryl methyl sites for hydroxylation is 1. The van der Waals surface area contributed by atoms with Crippen LogP contribution in [0.25, 0.3) is 11.0 Å². The van der Waals surface area contributed by atoms with Crippen molar-refractivity contribution in [3.05, 3.63) is 33.6 Å². The molecule has 5 nitrogen and oxygen atoms in total. The van der Waals surface area contributed by atoms with E-state index in [1.165, 1.54) is 0 Å². The van der Waals surface area contributed by atoms with E-state index in [0.29, 0.717) is 11.0 Å². The summed E-state index contributed by atoms with van der Waals surface area (Å²) in [4.78, 5) is 15.5. The van der Waals surface area contributed by atoms with Gasteiger partial charge in [0.25, 0.3) is 5.69 Å². The van der Waals surface area contributed by atoms with Crippen LogP contribution in [0.5, 0.6) is 0 Å². The first kappa shape index (κ1) is 13.5. The van der Waals surface area contributed by atoms with Crippen molar-refractivity contribution < 1.29 is 4.92 Å². The average Bonchev–Trinajstić information content (AvgIpc) is 2.75. The Kier molecular flexibility index (Phi) is 3.55. The zero-order chi connectivity index (χ0) is 14.2. The number of hydrogen-bond acceptors (Lipinski definition) is 3. The number of fused-ring (bicyclic) bond motifs is 1. The van der Waals surface area contributed by atoms with Crippen LogP contribution in [0.2, 0.25) is 0 Å². The van der Waals surface area contributed by atoms with Gasteiger partial charge in [-0.25, -0.2) is 4.98 Å². The van der Waals surface area contributed by atoms with E-state index in [4.69, 9.17) is 0 Å². The molecule has 0 radical (unpaired) electrons. The Bertz CT molecular complexity index is 627. The third kappa shape index (κ3) is 2.09. The molecule has 0 aliphatic carbocycles. The van der Waals surface area contributed by atoms with Crippen molar-refractivity contribution in [1.29, 1.82) is 0 Å². The Hall–Kier alpha value is -1.91. The minimum Gasteiger partial charge on any atom is -0.322 e. The summed E-state index contributed by atoms with van der Waals surface area (Å²) in [5.41, 5.74) is 3.20. The molecule has 1 aromatic heterocycles. The number of nitro groups is 1. The van der Waals surface area contributed by atoms with E-state index in [9.17, 15) is 10.1 Å². The lowest BCUT2D eigenvalue weighted by atomic mass is 10.1. The summed E-state index contributed by atoms with van der Waals surface area (Å²) >= 11 is 0. The molecule has 0 amide bonds. The molecular formula is C14H19N3O2. The normalized spacial score (nSPS) is 11.4. The highest BCUT2D eigenvalue weighted by Gasteiger charge is 2.24. The Morgan fingerprint density at radius 3 is 2.53 bits per heavy atom. The third-order valence-electron chi connectivity index (χ3n) is 3.86. The number of aromatic nitrogens is 2. The van der Waals surface area contributed by atoms with Gasteiger partial charge in [-0.15, -0.1) is 0 Å². The van der Waals surface area contributed by atoms with Crippen LogP contribution in [0.15, 0.2) is 12.4 Å². The van der Waals surface area contributed by atoms with Gasteiger partial charge in [0.2, 0.25) is 0 Å². The van der Waals surface area contributed by atoms with Crippen LogP contribution in [0.1, 0.15) is 43.9 Å². The highest BCUT2D eigenvalue weighted by molar-refractivity contribution is 5.88. The van der Waals surface area contributed by atoms with Crippen molar-refractivity contribution in [2.75, 3.05) is 0 Å². The zero-order valence-electron chi connectivity index (χ0n) is 11.8. The van der Waals surface area contributed by atoms with Gasteiger partial charge in [0.15, 0.2) is 0 Å². The minimum atomic E-state index is -0.286. The van der Waals surface area contributed by atoms with E-state index in [1.54, 1.807) is 13.3 Å². The monoisotopic (exact) mass is 261 g/mol. The Labute approximate surface area is 112 Å². The molecule has 0 spiro atoms. The van der Waals surface area contributed by atoms with E-state index in [-0.39, 0.29) is 16.7 Å². The number of rotatable bonds is 4. The minimum absolute atomic E-state index is 0.194. The molecule has 0 fully saturated rings. The maximum absolute atomic E-state index is 11.4. The number of nitro benzene ring substituents is 1. The summed E-state index contributed by atoms with van der Waals surface area (Å²) in [6.45, 7) is 7.87. The van der Waals surface area contributed by atoms with Gasteiger partial charge < -0.3 is 4.57 Å². The smallest absolute Gasteiger partial charge is 0.298 e.